The fourth-order valence-corrected chi connectivity index (χ4v) is 1.47. The molecule has 0 rings (SSSR count). The third-order valence-electron chi connectivity index (χ3n) is 2.23. The SMILES string of the molecule is CN=C(NCCNC(C)(C)C)NCC(=O)NC(C)(C)C.I. The van der Waals surface area contributed by atoms with Crippen LogP contribution in [-0.2, 0) is 4.79 Å². The summed E-state index contributed by atoms with van der Waals surface area (Å²) in [5.74, 6) is 0.582. The van der Waals surface area contributed by atoms with E-state index in [0.29, 0.717) is 5.96 Å². The molecule has 0 aliphatic carbocycles. The maximum atomic E-state index is 11.7. The Morgan fingerprint density at radius 3 is 1.95 bits per heavy atom. The Morgan fingerprint density at radius 1 is 0.952 bits per heavy atom. The summed E-state index contributed by atoms with van der Waals surface area (Å²) < 4.78 is 0. The third kappa shape index (κ3) is 15.6. The van der Waals surface area contributed by atoms with Crippen LogP contribution < -0.4 is 21.3 Å². The molecule has 0 spiro atoms. The van der Waals surface area contributed by atoms with Gasteiger partial charge in [0.05, 0.1) is 6.54 Å². The number of halogens is 1. The molecule has 0 aromatic rings. The number of nitrogens with zero attached hydrogens (tertiary/aromatic N) is 1. The molecule has 1 amide bonds. The minimum absolute atomic E-state index is 0. The van der Waals surface area contributed by atoms with Gasteiger partial charge in [0.25, 0.3) is 0 Å². The molecule has 0 heterocycles. The van der Waals surface area contributed by atoms with Gasteiger partial charge in [-0.3, -0.25) is 9.79 Å². The molecule has 21 heavy (non-hydrogen) atoms. The van der Waals surface area contributed by atoms with Gasteiger partial charge in [0, 0.05) is 31.2 Å². The number of amides is 1. The van der Waals surface area contributed by atoms with Crippen LogP contribution in [0.15, 0.2) is 4.99 Å². The molecule has 126 valence electrons. The van der Waals surface area contributed by atoms with E-state index in [9.17, 15) is 4.79 Å². The largest absolute Gasteiger partial charge is 0.355 e. The molecular formula is C14H32IN5O. The molecule has 4 N–H and O–H groups in total. The summed E-state index contributed by atoms with van der Waals surface area (Å²) in [4.78, 5) is 15.7. The number of rotatable bonds is 5. The average Bonchev–Trinajstić information content (AvgIpc) is 2.24. The van der Waals surface area contributed by atoms with E-state index >= 15 is 0 Å². The molecule has 0 fully saturated rings. The highest BCUT2D eigenvalue weighted by Crippen LogP contribution is 1.97. The normalized spacial score (nSPS) is 12.4. The first-order valence-electron chi connectivity index (χ1n) is 7.04. The van der Waals surface area contributed by atoms with E-state index in [1.165, 1.54) is 0 Å². The van der Waals surface area contributed by atoms with E-state index < -0.39 is 0 Å². The molecule has 0 saturated carbocycles. The number of hydrogen-bond donors (Lipinski definition) is 4. The zero-order chi connectivity index (χ0) is 15.8. The van der Waals surface area contributed by atoms with Crippen LogP contribution in [0.5, 0.6) is 0 Å². The number of nitrogens with one attached hydrogen (secondary N) is 4. The summed E-state index contributed by atoms with van der Waals surface area (Å²) in [6.45, 7) is 14.0. The second kappa shape index (κ2) is 10.2. The smallest absolute Gasteiger partial charge is 0.239 e. The lowest BCUT2D eigenvalue weighted by atomic mass is 10.1. The minimum Gasteiger partial charge on any atom is -0.355 e. The van der Waals surface area contributed by atoms with Crippen molar-refractivity contribution in [2.75, 3.05) is 26.7 Å². The molecule has 0 aromatic heterocycles. The average molecular weight is 413 g/mol. The van der Waals surface area contributed by atoms with Gasteiger partial charge in [-0.25, -0.2) is 0 Å². The van der Waals surface area contributed by atoms with Gasteiger partial charge < -0.3 is 21.3 Å². The van der Waals surface area contributed by atoms with Gasteiger partial charge in [-0.05, 0) is 41.5 Å². The fraction of sp³-hybridized carbons (Fsp3) is 0.857. The number of aliphatic imine (C=N–C) groups is 1. The second-order valence-corrected chi connectivity index (χ2v) is 6.83. The monoisotopic (exact) mass is 413 g/mol. The quantitative estimate of drug-likeness (QED) is 0.235. The van der Waals surface area contributed by atoms with Crippen molar-refractivity contribution in [3.63, 3.8) is 0 Å². The second-order valence-electron chi connectivity index (χ2n) is 6.83. The summed E-state index contributed by atoms with van der Waals surface area (Å²) in [7, 11) is 1.69. The zero-order valence-corrected chi connectivity index (χ0v) is 16.7. The summed E-state index contributed by atoms with van der Waals surface area (Å²) in [6.07, 6.45) is 0. The lowest BCUT2D eigenvalue weighted by Gasteiger charge is -2.22. The lowest BCUT2D eigenvalue weighted by Crippen LogP contribution is -2.49. The van der Waals surface area contributed by atoms with Crippen LogP contribution in [0.25, 0.3) is 0 Å². The van der Waals surface area contributed by atoms with Crippen LogP contribution in [-0.4, -0.2) is 49.6 Å². The Balaban J connectivity index is 0. The molecule has 0 aliphatic rings. The van der Waals surface area contributed by atoms with Crippen LogP contribution in [0.1, 0.15) is 41.5 Å². The Labute approximate surface area is 146 Å². The topological polar surface area (TPSA) is 77.6 Å². The molecular weight excluding hydrogens is 381 g/mol. The predicted molar refractivity (Wildman–Crippen MR) is 100 cm³/mol. The first-order valence-corrected chi connectivity index (χ1v) is 7.04. The highest BCUT2D eigenvalue weighted by atomic mass is 127. The number of hydrogen-bond acceptors (Lipinski definition) is 3. The summed E-state index contributed by atoms with van der Waals surface area (Å²) in [5, 5.41) is 12.4. The first-order chi connectivity index (χ1) is 9.03. The van der Waals surface area contributed by atoms with Gasteiger partial charge in [-0.15, -0.1) is 24.0 Å². The number of carbonyl (C=O) groups excluding carboxylic acids is 1. The van der Waals surface area contributed by atoms with Gasteiger partial charge in [0.2, 0.25) is 5.91 Å². The molecule has 0 aromatic carbocycles. The maximum absolute atomic E-state index is 11.7. The third-order valence-corrected chi connectivity index (χ3v) is 2.23. The van der Waals surface area contributed by atoms with Crippen molar-refractivity contribution in [3.05, 3.63) is 0 Å². The molecule has 6 nitrogen and oxygen atoms in total. The Morgan fingerprint density at radius 2 is 1.52 bits per heavy atom. The Bertz CT molecular complexity index is 331. The van der Waals surface area contributed by atoms with Crippen molar-refractivity contribution in [1.29, 1.82) is 0 Å². The Hall–Kier alpha value is -0.570. The predicted octanol–water partition coefficient (Wildman–Crippen LogP) is 1.07. The van der Waals surface area contributed by atoms with Crippen molar-refractivity contribution >= 4 is 35.8 Å². The highest BCUT2D eigenvalue weighted by molar-refractivity contribution is 14.0. The summed E-state index contributed by atoms with van der Waals surface area (Å²) >= 11 is 0. The lowest BCUT2D eigenvalue weighted by molar-refractivity contribution is -0.121. The minimum atomic E-state index is -0.216. The van der Waals surface area contributed by atoms with Gasteiger partial charge in [0.15, 0.2) is 5.96 Å². The first kappa shape index (κ1) is 22.7. The van der Waals surface area contributed by atoms with E-state index in [1.54, 1.807) is 7.05 Å². The molecule has 0 bridgehead atoms. The molecule has 0 saturated heterocycles. The summed E-state index contributed by atoms with van der Waals surface area (Å²) in [5.41, 5.74) is -0.114. The zero-order valence-electron chi connectivity index (χ0n) is 14.4. The van der Waals surface area contributed by atoms with Gasteiger partial charge >= 0.3 is 0 Å². The van der Waals surface area contributed by atoms with E-state index in [0.717, 1.165) is 13.1 Å². The van der Waals surface area contributed by atoms with E-state index in [2.05, 4.69) is 47.0 Å². The van der Waals surface area contributed by atoms with Crippen LogP contribution in [0.2, 0.25) is 0 Å². The van der Waals surface area contributed by atoms with Crippen molar-refractivity contribution in [1.82, 2.24) is 21.3 Å². The van der Waals surface area contributed by atoms with Crippen LogP contribution in [0, 0.1) is 0 Å². The highest BCUT2D eigenvalue weighted by Gasteiger charge is 2.13. The summed E-state index contributed by atoms with van der Waals surface area (Å²) in [6, 6.07) is 0. The molecule has 0 radical (unpaired) electrons. The van der Waals surface area contributed by atoms with Gasteiger partial charge in [0.1, 0.15) is 0 Å². The molecule has 0 unspecified atom stereocenters. The molecule has 0 atom stereocenters. The standard InChI is InChI=1S/C14H31N5O.HI/c1-13(2,3)18-9-8-16-12(15-7)17-10-11(20)19-14(4,5)6;/h18H,8-10H2,1-7H3,(H,19,20)(H2,15,16,17);1H. The van der Waals surface area contributed by atoms with Gasteiger partial charge in [-0.2, -0.15) is 0 Å². The number of guanidine groups is 1. The fourth-order valence-electron chi connectivity index (χ4n) is 1.47. The van der Waals surface area contributed by atoms with Gasteiger partial charge in [-0.1, -0.05) is 0 Å². The van der Waals surface area contributed by atoms with Crippen LogP contribution in [0.3, 0.4) is 0 Å². The van der Waals surface area contributed by atoms with Crippen LogP contribution in [0.4, 0.5) is 0 Å². The number of carbonyl (C=O) groups is 1. The van der Waals surface area contributed by atoms with Crippen molar-refractivity contribution in [2.45, 2.75) is 52.6 Å². The van der Waals surface area contributed by atoms with E-state index in [-0.39, 0.29) is 47.5 Å². The molecule has 0 aliphatic heterocycles. The van der Waals surface area contributed by atoms with Crippen molar-refractivity contribution < 1.29 is 4.79 Å². The molecule has 7 heteroatoms. The van der Waals surface area contributed by atoms with Crippen molar-refractivity contribution in [3.8, 4) is 0 Å². The Kier molecular flexibility index (Phi) is 11.0. The van der Waals surface area contributed by atoms with Crippen molar-refractivity contribution in [2.24, 2.45) is 4.99 Å². The van der Waals surface area contributed by atoms with E-state index in [1.807, 2.05) is 20.8 Å². The van der Waals surface area contributed by atoms with E-state index in [4.69, 9.17) is 0 Å². The van der Waals surface area contributed by atoms with Crippen LogP contribution >= 0.6 is 24.0 Å². The maximum Gasteiger partial charge on any atom is 0.239 e.